The summed E-state index contributed by atoms with van der Waals surface area (Å²) in [4.78, 5) is 3.21. The molecule has 2 aromatic carbocycles. The van der Waals surface area contributed by atoms with Crippen molar-refractivity contribution in [2.24, 2.45) is 5.73 Å². The van der Waals surface area contributed by atoms with Crippen molar-refractivity contribution in [3.05, 3.63) is 53.8 Å². The third-order valence-electron chi connectivity index (χ3n) is 2.62. The molecule has 0 aromatic heterocycles. The molecule has 0 heterocycles. The molecule has 0 bridgehead atoms. The van der Waals surface area contributed by atoms with E-state index in [2.05, 4.69) is 13.0 Å². The topological polar surface area (TPSA) is 26.0 Å². The predicted molar refractivity (Wildman–Crippen MR) is 81.3 cm³/mol. The maximum Gasteiger partial charge on any atom is 0.124 e. The molecule has 0 aliphatic rings. The van der Waals surface area contributed by atoms with Gasteiger partial charge in [-0.3, -0.25) is 0 Å². The van der Waals surface area contributed by atoms with Gasteiger partial charge in [-0.05, 0) is 41.6 Å². The Kier molecular flexibility index (Phi) is 5.31. The van der Waals surface area contributed by atoms with Crippen molar-refractivity contribution in [2.75, 3.05) is 5.75 Å². The monoisotopic (exact) mass is 293 g/mol. The van der Waals surface area contributed by atoms with Crippen LogP contribution in [-0.4, -0.2) is 5.75 Å². The number of nitrogens with two attached hydrogens (primary N) is 1. The number of hydrogen-bond donors (Lipinski definition) is 1. The lowest BCUT2D eigenvalue weighted by Gasteiger charge is -2.12. The Morgan fingerprint density at radius 2 is 1.84 bits per heavy atom. The van der Waals surface area contributed by atoms with Crippen LogP contribution in [0.25, 0.3) is 0 Å². The Hall–Kier alpha value is -0.970. The summed E-state index contributed by atoms with van der Waals surface area (Å²) in [5.74, 6) is 0.805. The normalized spacial score (nSPS) is 10.7. The van der Waals surface area contributed by atoms with Gasteiger partial charge in [-0.15, -0.1) is 11.8 Å². The van der Waals surface area contributed by atoms with Crippen LogP contribution in [0.3, 0.4) is 0 Å². The number of benzene rings is 2. The zero-order valence-corrected chi connectivity index (χ0v) is 12.4. The first kappa shape index (κ1) is 14.4. The zero-order valence-electron chi connectivity index (χ0n) is 10.7. The molecule has 0 unspecified atom stereocenters. The molecule has 2 aromatic rings. The SMILES string of the molecule is CCSc1cccc(Sc2cccc(F)c2)c1CN. The van der Waals surface area contributed by atoms with Gasteiger partial charge in [0.25, 0.3) is 0 Å². The van der Waals surface area contributed by atoms with Crippen LogP contribution < -0.4 is 5.73 Å². The van der Waals surface area contributed by atoms with Gasteiger partial charge in [0.15, 0.2) is 0 Å². The molecule has 0 saturated carbocycles. The summed E-state index contributed by atoms with van der Waals surface area (Å²) in [6.07, 6.45) is 0. The second-order valence-electron chi connectivity index (χ2n) is 3.93. The Labute approximate surface area is 121 Å². The third kappa shape index (κ3) is 3.75. The largest absolute Gasteiger partial charge is 0.326 e. The van der Waals surface area contributed by atoms with Crippen molar-refractivity contribution in [1.29, 1.82) is 0 Å². The molecule has 0 radical (unpaired) electrons. The van der Waals surface area contributed by atoms with Gasteiger partial charge in [0.1, 0.15) is 5.82 Å². The van der Waals surface area contributed by atoms with Crippen molar-refractivity contribution >= 4 is 23.5 Å². The highest BCUT2D eigenvalue weighted by Gasteiger charge is 2.08. The van der Waals surface area contributed by atoms with Crippen molar-refractivity contribution in [3.8, 4) is 0 Å². The highest BCUT2D eigenvalue weighted by molar-refractivity contribution is 8.00. The lowest BCUT2D eigenvalue weighted by Crippen LogP contribution is -2.00. The molecule has 0 fully saturated rings. The van der Waals surface area contributed by atoms with E-state index in [4.69, 9.17) is 5.73 Å². The van der Waals surface area contributed by atoms with E-state index in [0.717, 1.165) is 21.1 Å². The second-order valence-corrected chi connectivity index (χ2v) is 6.35. The Bertz CT molecular complexity index is 558. The van der Waals surface area contributed by atoms with Crippen LogP contribution in [0.2, 0.25) is 0 Å². The maximum atomic E-state index is 13.2. The minimum absolute atomic E-state index is 0.210. The van der Waals surface area contributed by atoms with Gasteiger partial charge in [-0.2, -0.15) is 0 Å². The summed E-state index contributed by atoms with van der Waals surface area (Å²) >= 11 is 3.35. The molecule has 0 atom stereocenters. The van der Waals surface area contributed by atoms with Crippen molar-refractivity contribution < 1.29 is 4.39 Å². The van der Waals surface area contributed by atoms with E-state index in [9.17, 15) is 4.39 Å². The summed E-state index contributed by atoms with van der Waals surface area (Å²) in [6.45, 7) is 2.62. The summed E-state index contributed by atoms with van der Waals surface area (Å²) < 4.78 is 13.2. The first-order valence-corrected chi connectivity index (χ1v) is 7.93. The third-order valence-corrected chi connectivity index (χ3v) is 4.69. The van der Waals surface area contributed by atoms with E-state index in [1.165, 1.54) is 11.0 Å². The van der Waals surface area contributed by atoms with E-state index < -0.39 is 0 Å². The van der Waals surface area contributed by atoms with Gasteiger partial charge in [0, 0.05) is 21.2 Å². The average molecular weight is 293 g/mol. The Morgan fingerprint density at radius 1 is 1.11 bits per heavy atom. The van der Waals surface area contributed by atoms with E-state index in [1.807, 2.05) is 18.2 Å². The van der Waals surface area contributed by atoms with Gasteiger partial charge < -0.3 is 5.73 Å². The highest BCUT2D eigenvalue weighted by Crippen LogP contribution is 2.35. The van der Waals surface area contributed by atoms with E-state index in [1.54, 1.807) is 35.7 Å². The lowest BCUT2D eigenvalue weighted by molar-refractivity contribution is 0.624. The summed E-state index contributed by atoms with van der Waals surface area (Å²) in [5, 5.41) is 0. The van der Waals surface area contributed by atoms with E-state index in [0.29, 0.717) is 6.54 Å². The molecule has 0 aliphatic heterocycles. The molecule has 100 valence electrons. The Balaban J connectivity index is 2.31. The fraction of sp³-hybridized carbons (Fsp3) is 0.200. The molecule has 19 heavy (non-hydrogen) atoms. The van der Waals surface area contributed by atoms with Crippen LogP contribution in [-0.2, 0) is 6.54 Å². The molecule has 0 amide bonds. The van der Waals surface area contributed by atoms with Crippen molar-refractivity contribution in [2.45, 2.75) is 28.2 Å². The van der Waals surface area contributed by atoms with Crippen LogP contribution in [0, 0.1) is 5.82 Å². The molecule has 2 N–H and O–H groups in total. The van der Waals surface area contributed by atoms with Crippen molar-refractivity contribution in [3.63, 3.8) is 0 Å². The van der Waals surface area contributed by atoms with E-state index in [-0.39, 0.29) is 5.82 Å². The van der Waals surface area contributed by atoms with Gasteiger partial charge in [0.2, 0.25) is 0 Å². The quantitative estimate of drug-likeness (QED) is 0.819. The average Bonchev–Trinajstić information content (AvgIpc) is 2.39. The van der Waals surface area contributed by atoms with Crippen LogP contribution in [0.1, 0.15) is 12.5 Å². The summed E-state index contributed by atoms with van der Waals surface area (Å²) in [6, 6.07) is 12.8. The molecule has 0 saturated heterocycles. The smallest absolute Gasteiger partial charge is 0.124 e. The molecule has 0 spiro atoms. The van der Waals surface area contributed by atoms with Gasteiger partial charge in [-0.25, -0.2) is 4.39 Å². The molecular weight excluding hydrogens is 277 g/mol. The summed E-state index contributed by atoms with van der Waals surface area (Å²) in [5.41, 5.74) is 7.01. The number of halogens is 1. The minimum atomic E-state index is -0.210. The van der Waals surface area contributed by atoms with Gasteiger partial charge in [0.05, 0.1) is 0 Å². The number of thioether (sulfide) groups is 1. The second kappa shape index (κ2) is 6.98. The molecule has 1 nitrogen and oxygen atoms in total. The van der Waals surface area contributed by atoms with Crippen LogP contribution in [0.15, 0.2) is 57.2 Å². The summed E-state index contributed by atoms with van der Waals surface area (Å²) in [7, 11) is 0. The first-order chi connectivity index (χ1) is 9.24. The Morgan fingerprint density at radius 3 is 2.53 bits per heavy atom. The lowest BCUT2D eigenvalue weighted by atomic mass is 10.2. The van der Waals surface area contributed by atoms with Crippen LogP contribution in [0.4, 0.5) is 4.39 Å². The number of rotatable bonds is 5. The molecule has 0 aliphatic carbocycles. The van der Waals surface area contributed by atoms with Gasteiger partial charge in [-0.1, -0.05) is 30.8 Å². The van der Waals surface area contributed by atoms with Crippen LogP contribution in [0.5, 0.6) is 0 Å². The number of hydrogen-bond acceptors (Lipinski definition) is 3. The van der Waals surface area contributed by atoms with E-state index >= 15 is 0 Å². The molecule has 4 heteroatoms. The highest BCUT2D eigenvalue weighted by atomic mass is 32.2. The maximum absolute atomic E-state index is 13.2. The standard InChI is InChI=1S/C15H16FNS2/c1-2-18-14-7-4-8-15(13(14)10-17)19-12-6-3-5-11(16)9-12/h3-9H,2,10,17H2,1H3. The fourth-order valence-electron chi connectivity index (χ4n) is 1.79. The minimum Gasteiger partial charge on any atom is -0.326 e. The molecule has 2 rings (SSSR count). The fourth-order valence-corrected chi connectivity index (χ4v) is 3.74. The zero-order chi connectivity index (χ0) is 13.7. The van der Waals surface area contributed by atoms with Crippen molar-refractivity contribution in [1.82, 2.24) is 0 Å². The van der Waals surface area contributed by atoms with Gasteiger partial charge >= 0.3 is 0 Å². The van der Waals surface area contributed by atoms with Crippen LogP contribution >= 0.6 is 23.5 Å². The predicted octanol–water partition coefficient (Wildman–Crippen LogP) is 4.55. The first-order valence-electron chi connectivity index (χ1n) is 6.12. The molecular formula is C15H16FNS2.